The van der Waals surface area contributed by atoms with Crippen molar-refractivity contribution in [2.45, 2.75) is 32.4 Å². The van der Waals surface area contributed by atoms with Gasteiger partial charge in [-0.25, -0.2) is 0 Å². The fourth-order valence-electron chi connectivity index (χ4n) is 2.41. The molecule has 100 valence electrons. The van der Waals surface area contributed by atoms with E-state index in [1.54, 1.807) is 0 Å². The third kappa shape index (κ3) is 3.55. The summed E-state index contributed by atoms with van der Waals surface area (Å²) in [6.07, 6.45) is 2.73. The Morgan fingerprint density at radius 3 is 2.63 bits per heavy atom. The Balaban J connectivity index is 1.53. The Kier molecular flexibility index (Phi) is 3.81. The van der Waals surface area contributed by atoms with Gasteiger partial charge >= 0.3 is 0 Å². The smallest absolute Gasteiger partial charge is 0.0206 e. The standard InChI is InChI=1S/C17H22N2/c1-13-2-4-16-11-14(3-5-15(16)10-13)12-18-8-9-19-17-6-7-17/h2-5,10-11,17-19H,6-9,12H2,1H3. The summed E-state index contributed by atoms with van der Waals surface area (Å²) in [5, 5.41) is 9.68. The first-order valence-corrected chi connectivity index (χ1v) is 7.25. The molecule has 19 heavy (non-hydrogen) atoms. The highest BCUT2D eigenvalue weighted by Gasteiger charge is 2.19. The fourth-order valence-corrected chi connectivity index (χ4v) is 2.41. The van der Waals surface area contributed by atoms with Gasteiger partial charge in [-0.05, 0) is 42.2 Å². The van der Waals surface area contributed by atoms with Crippen molar-refractivity contribution in [3.63, 3.8) is 0 Å². The molecular weight excluding hydrogens is 232 g/mol. The first-order chi connectivity index (χ1) is 9.31. The van der Waals surface area contributed by atoms with E-state index >= 15 is 0 Å². The van der Waals surface area contributed by atoms with Crippen LogP contribution in [0.5, 0.6) is 0 Å². The van der Waals surface area contributed by atoms with E-state index in [1.165, 1.54) is 34.7 Å². The van der Waals surface area contributed by atoms with Gasteiger partial charge in [-0.2, -0.15) is 0 Å². The van der Waals surface area contributed by atoms with E-state index in [9.17, 15) is 0 Å². The summed E-state index contributed by atoms with van der Waals surface area (Å²) in [6, 6.07) is 14.2. The van der Waals surface area contributed by atoms with E-state index in [0.717, 1.165) is 25.7 Å². The first-order valence-electron chi connectivity index (χ1n) is 7.25. The molecule has 0 aliphatic heterocycles. The van der Waals surface area contributed by atoms with Crippen LogP contribution in [0.2, 0.25) is 0 Å². The molecule has 1 aliphatic rings. The van der Waals surface area contributed by atoms with Crippen molar-refractivity contribution in [2.24, 2.45) is 0 Å². The highest BCUT2D eigenvalue weighted by molar-refractivity contribution is 5.83. The fraction of sp³-hybridized carbons (Fsp3) is 0.412. The lowest BCUT2D eigenvalue weighted by Crippen LogP contribution is -2.28. The van der Waals surface area contributed by atoms with E-state index in [1.807, 2.05) is 0 Å². The molecule has 0 bridgehead atoms. The van der Waals surface area contributed by atoms with Crippen LogP contribution in [0.1, 0.15) is 24.0 Å². The highest BCUT2D eigenvalue weighted by atomic mass is 15.0. The maximum absolute atomic E-state index is 3.52. The predicted octanol–water partition coefficient (Wildman–Crippen LogP) is 2.99. The predicted molar refractivity (Wildman–Crippen MR) is 81.4 cm³/mol. The molecule has 0 radical (unpaired) electrons. The lowest BCUT2D eigenvalue weighted by Gasteiger charge is -2.07. The van der Waals surface area contributed by atoms with Crippen LogP contribution in [-0.4, -0.2) is 19.1 Å². The lowest BCUT2D eigenvalue weighted by atomic mass is 10.0. The number of aryl methyl sites for hydroxylation is 1. The van der Waals surface area contributed by atoms with Crippen LogP contribution in [-0.2, 0) is 6.54 Å². The molecule has 0 aromatic heterocycles. The molecule has 0 amide bonds. The zero-order chi connectivity index (χ0) is 13.1. The van der Waals surface area contributed by atoms with Crippen molar-refractivity contribution < 1.29 is 0 Å². The van der Waals surface area contributed by atoms with Gasteiger partial charge < -0.3 is 10.6 Å². The second-order valence-electron chi connectivity index (χ2n) is 5.59. The average molecular weight is 254 g/mol. The monoisotopic (exact) mass is 254 g/mol. The van der Waals surface area contributed by atoms with E-state index in [4.69, 9.17) is 0 Å². The minimum absolute atomic E-state index is 0.811. The zero-order valence-electron chi connectivity index (χ0n) is 11.6. The molecule has 0 saturated heterocycles. The van der Waals surface area contributed by atoms with Crippen molar-refractivity contribution in [1.29, 1.82) is 0 Å². The van der Waals surface area contributed by atoms with Crippen LogP contribution in [0.15, 0.2) is 36.4 Å². The van der Waals surface area contributed by atoms with Gasteiger partial charge in [0.1, 0.15) is 0 Å². The summed E-state index contributed by atoms with van der Waals surface area (Å²) < 4.78 is 0. The molecule has 0 spiro atoms. The van der Waals surface area contributed by atoms with Gasteiger partial charge in [-0.3, -0.25) is 0 Å². The van der Waals surface area contributed by atoms with Crippen LogP contribution in [0.3, 0.4) is 0 Å². The summed E-state index contributed by atoms with van der Waals surface area (Å²) in [5.41, 5.74) is 2.69. The summed E-state index contributed by atoms with van der Waals surface area (Å²) >= 11 is 0. The Hall–Kier alpha value is -1.38. The normalized spacial score (nSPS) is 15.0. The third-order valence-corrected chi connectivity index (χ3v) is 3.70. The van der Waals surface area contributed by atoms with Crippen molar-refractivity contribution in [3.8, 4) is 0 Å². The third-order valence-electron chi connectivity index (χ3n) is 3.70. The number of benzene rings is 2. The summed E-state index contributed by atoms with van der Waals surface area (Å²) in [5.74, 6) is 0. The van der Waals surface area contributed by atoms with Crippen molar-refractivity contribution in [2.75, 3.05) is 13.1 Å². The zero-order valence-corrected chi connectivity index (χ0v) is 11.6. The summed E-state index contributed by atoms with van der Waals surface area (Å²) in [7, 11) is 0. The largest absolute Gasteiger partial charge is 0.313 e. The Bertz CT molecular complexity index is 558. The van der Waals surface area contributed by atoms with Crippen molar-refractivity contribution in [3.05, 3.63) is 47.5 Å². The molecule has 3 rings (SSSR count). The molecule has 2 heteroatoms. The van der Waals surface area contributed by atoms with Crippen molar-refractivity contribution in [1.82, 2.24) is 10.6 Å². The first kappa shape index (κ1) is 12.6. The molecule has 1 saturated carbocycles. The van der Waals surface area contributed by atoms with Crippen LogP contribution in [0, 0.1) is 6.92 Å². The second-order valence-corrected chi connectivity index (χ2v) is 5.59. The highest BCUT2D eigenvalue weighted by Crippen LogP contribution is 2.18. The van der Waals surface area contributed by atoms with Gasteiger partial charge in [-0.1, -0.05) is 35.9 Å². The lowest BCUT2D eigenvalue weighted by molar-refractivity contribution is 0.609. The minimum Gasteiger partial charge on any atom is -0.313 e. The van der Waals surface area contributed by atoms with Gasteiger partial charge in [0.25, 0.3) is 0 Å². The number of hydrogen-bond acceptors (Lipinski definition) is 2. The molecule has 2 nitrogen and oxygen atoms in total. The number of rotatable bonds is 6. The number of hydrogen-bond donors (Lipinski definition) is 2. The van der Waals surface area contributed by atoms with Crippen LogP contribution >= 0.6 is 0 Å². The second kappa shape index (κ2) is 5.72. The molecule has 1 aliphatic carbocycles. The summed E-state index contributed by atoms with van der Waals surface area (Å²) in [6.45, 7) is 5.22. The quantitative estimate of drug-likeness (QED) is 0.774. The van der Waals surface area contributed by atoms with Gasteiger partial charge in [0.15, 0.2) is 0 Å². The van der Waals surface area contributed by atoms with E-state index < -0.39 is 0 Å². The molecule has 1 fully saturated rings. The van der Waals surface area contributed by atoms with Crippen LogP contribution < -0.4 is 10.6 Å². The maximum atomic E-state index is 3.52. The molecule has 2 aromatic carbocycles. The van der Waals surface area contributed by atoms with Gasteiger partial charge in [-0.15, -0.1) is 0 Å². The van der Waals surface area contributed by atoms with Gasteiger partial charge in [0.2, 0.25) is 0 Å². The maximum Gasteiger partial charge on any atom is 0.0206 e. The molecule has 0 unspecified atom stereocenters. The molecular formula is C17H22N2. The van der Waals surface area contributed by atoms with E-state index in [2.05, 4.69) is 54.0 Å². The van der Waals surface area contributed by atoms with E-state index in [0.29, 0.717) is 0 Å². The van der Waals surface area contributed by atoms with Gasteiger partial charge in [0.05, 0.1) is 0 Å². The topological polar surface area (TPSA) is 24.1 Å². The SMILES string of the molecule is Cc1ccc2cc(CNCCNC3CC3)ccc2c1. The molecule has 0 heterocycles. The Morgan fingerprint density at radius 2 is 1.79 bits per heavy atom. The Labute approximate surface area is 115 Å². The average Bonchev–Trinajstić information content (AvgIpc) is 3.22. The molecule has 2 aromatic rings. The molecule has 0 atom stereocenters. The van der Waals surface area contributed by atoms with Crippen LogP contribution in [0.4, 0.5) is 0 Å². The summed E-state index contributed by atoms with van der Waals surface area (Å²) in [4.78, 5) is 0. The Morgan fingerprint density at radius 1 is 1.00 bits per heavy atom. The van der Waals surface area contributed by atoms with Crippen molar-refractivity contribution >= 4 is 10.8 Å². The number of nitrogens with one attached hydrogen (secondary N) is 2. The number of fused-ring (bicyclic) bond motifs is 1. The molecule has 2 N–H and O–H groups in total. The van der Waals surface area contributed by atoms with Crippen LogP contribution in [0.25, 0.3) is 10.8 Å². The minimum atomic E-state index is 0.811. The van der Waals surface area contributed by atoms with Gasteiger partial charge in [0, 0.05) is 25.7 Å². The van der Waals surface area contributed by atoms with E-state index in [-0.39, 0.29) is 0 Å².